The van der Waals surface area contributed by atoms with Crippen molar-refractivity contribution >= 4 is 11.9 Å². The molecule has 0 spiro atoms. The molecule has 2 aliphatic rings. The SMILES string of the molecule is O=C(O)[C@@H]1C[C@@H]2CCCC[C@@H]2N1C(=O)c1cn(Cc2cccc(F)c2)nn1. The maximum Gasteiger partial charge on any atom is 0.326 e. The number of likely N-dealkylation sites (tertiary alicyclic amines) is 1. The zero-order valence-corrected chi connectivity index (χ0v) is 14.8. The van der Waals surface area contributed by atoms with Gasteiger partial charge in [0, 0.05) is 6.04 Å². The average molecular weight is 372 g/mol. The van der Waals surface area contributed by atoms with Gasteiger partial charge in [-0.05, 0) is 42.9 Å². The van der Waals surface area contributed by atoms with Gasteiger partial charge in [-0.3, -0.25) is 4.79 Å². The average Bonchev–Trinajstić information content (AvgIpc) is 3.26. The van der Waals surface area contributed by atoms with E-state index in [4.69, 9.17) is 0 Å². The predicted molar refractivity (Wildman–Crippen MR) is 93.5 cm³/mol. The Balaban J connectivity index is 1.55. The summed E-state index contributed by atoms with van der Waals surface area (Å²) in [4.78, 5) is 26.2. The maximum absolute atomic E-state index is 13.3. The summed E-state index contributed by atoms with van der Waals surface area (Å²) in [5.41, 5.74) is 0.833. The van der Waals surface area contributed by atoms with Crippen LogP contribution in [0.1, 0.15) is 48.2 Å². The van der Waals surface area contributed by atoms with Crippen molar-refractivity contribution in [3.05, 3.63) is 47.5 Å². The van der Waals surface area contributed by atoms with E-state index in [0.29, 0.717) is 12.0 Å². The lowest BCUT2D eigenvalue weighted by Gasteiger charge is -2.32. The van der Waals surface area contributed by atoms with Crippen LogP contribution in [0.15, 0.2) is 30.5 Å². The van der Waals surface area contributed by atoms with Crippen LogP contribution in [0.5, 0.6) is 0 Å². The summed E-state index contributed by atoms with van der Waals surface area (Å²) in [5, 5.41) is 17.5. The standard InChI is InChI=1S/C19H21FN4O3/c20-14-6-3-4-12(8-14)10-23-11-15(21-22-23)18(25)24-16-7-2-1-5-13(16)9-17(24)19(26)27/h3-4,6,8,11,13,16-17H,1-2,5,7,9-10H2,(H,26,27)/t13-,16-,17-/m0/s1. The first kappa shape index (κ1) is 17.6. The van der Waals surface area contributed by atoms with Crippen LogP contribution in [0.3, 0.4) is 0 Å². The number of hydrogen-bond acceptors (Lipinski definition) is 4. The Bertz CT molecular complexity index is 868. The van der Waals surface area contributed by atoms with E-state index in [1.54, 1.807) is 12.1 Å². The third kappa shape index (κ3) is 3.43. The Morgan fingerprint density at radius 3 is 2.85 bits per heavy atom. The van der Waals surface area contributed by atoms with Gasteiger partial charge in [0.1, 0.15) is 11.9 Å². The molecule has 2 aromatic rings. The molecule has 1 aliphatic heterocycles. The lowest BCUT2D eigenvalue weighted by molar-refractivity contribution is -0.141. The summed E-state index contributed by atoms with van der Waals surface area (Å²) in [6.07, 6.45) is 5.89. The number of halogens is 1. The van der Waals surface area contributed by atoms with Crippen molar-refractivity contribution in [1.29, 1.82) is 0 Å². The molecule has 2 heterocycles. The monoisotopic (exact) mass is 372 g/mol. The van der Waals surface area contributed by atoms with Crippen molar-refractivity contribution < 1.29 is 19.1 Å². The van der Waals surface area contributed by atoms with Crippen molar-refractivity contribution in [2.45, 2.75) is 50.7 Å². The quantitative estimate of drug-likeness (QED) is 0.890. The summed E-state index contributed by atoms with van der Waals surface area (Å²) < 4.78 is 14.8. The molecule has 0 bridgehead atoms. The second kappa shape index (κ2) is 7.09. The fourth-order valence-electron chi connectivity index (χ4n) is 4.40. The van der Waals surface area contributed by atoms with Gasteiger partial charge in [0.15, 0.2) is 5.69 Å². The van der Waals surface area contributed by atoms with Gasteiger partial charge in [0.05, 0.1) is 12.7 Å². The molecule has 0 radical (unpaired) electrons. The Morgan fingerprint density at radius 2 is 2.07 bits per heavy atom. The Morgan fingerprint density at radius 1 is 1.26 bits per heavy atom. The van der Waals surface area contributed by atoms with Crippen molar-refractivity contribution in [2.24, 2.45) is 5.92 Å². The molecule has 142 valence electrons. The second-order valence-electron chi connectivity index (χ2n) is 7.35. The van der Waals surface area contributed by atoms with Gasteiger partial charge in [0.2, 0.25) is 0 Å². The van der Waals surface area contributed by atoms with Gasteiger partial charge < -0.3 is 10.0 Å². The van der Waals surface area contributed by atoms with Crippen LogP contribution < -0.4 is 0 Å². The zero-order valence-electron chi connectivity index (χ0n) is 14.8. The van der Waals surface area contributed by atoms with Crippen LogP contribution in [0.2, 0.25) is 0 Å². The molecule has 1 aliphatic carbocycles. The van der Waals surface area contributed by atoms with Gasteiger partial charge in [-0.15, -0.1) is 5.10 Å². The molecule has 1 amide bonds. The number of carbonyl (C=O) groups excluding carboxylic acids is 1. The number of carboxylic acids is 1. The molecule has 2 fully saturated rings. The largest absolute Gasteiger partial charge is 0.480 e. The van der Waals surface area contributed by atoms with E-state index >= 15 is 0 Å². The molecule has 0 unspecified atom stereocenters. The number of amides is 1. The van der Waals surface area contributed by atoms with Gasteiger partial charge >= 0.3 is 5.97 Å². The van der Waals surface area contributed by atoms with Gasteiger partial charge in [0.25, 0.3) is 5.91 Å². The number of carboxylic acid groups (broad SMARTS) is 1. The van der Waals surface area contributed by atoms with Crippen LogP contribution in [0, 0.1) is 11.7 Å². The minimum atomic E-state index is -0.968. The van der Waals surface area contributed by atoms with E-state index in [-0.39, 0.29) is 35.9 Å². The molecule has 4 rings (SSSR count). The first-order valence-electron chi connectivity index (χ1n) is 9.23. The Labute approximate surface area is 155 Å². The molecule has 1 aromatic carbocycles. The van der Waals surface area contributed by atoms with Crippen LogP contribution in [0.25, 0.3) is 0 Å². The molecular weight excluding hydrogens is 351 g/mol. The summed E-state index contributed by atoms with van der Waals surface area (Å²) in [5.74, 6) is -1.45. The maximum atomic E-state index is 13.3. The zero-order chi connectivity index (χ0) is 19.0. The molecule has 3 atom stereocenters. The highest BCUT2D eigenvalue weighted by Gasteiger charge is 2.48. The highest BCUT2D eigenvalue weighted by atomic mass is 19.1. The summed E-state index contributed by atoms with van der Waals surface area (Å²) >= 11 is 0. The van der Waals surface area contributed by atoms with Gasteiger partial charge in [-0.25, -0.2) is 13.9 Å². The van der Waals surface area contributed by atoms with E-state index < -0.39 is 12.0 Å². The topological polar surface area (TPSA) is 88.3 Å². The number of nitrogens with zero attached hydrogens (tertiary/aromatic N) is 4. The first-order chi connectivity index (χ1) is 13.0. The van der Waals surface area contributed by atoms with E-state index in [2.05, 4.69) is 10.3 Å². The number of aliphatic carboxylic acids is 1. The molecule has 7 nitrogen and oxygen atoms in total. The second-order valence-corrected chi connectivity index (χ2v) is 7.35. The summed E-state index contributed by atoms with van der Waals surface area (Å²) in [7, 11) is 0. The molecule has 1 saturated heterocycles. The molecular formula is C19H21FN4O3. The minimum Gasteiger partial charge on any atom is -0.480 e. The Hall–Kier alpha value is -2.77. The highest BCUT2D eigenvalue weighted by Crippen LogP contribution is 2.40. The van der Waals surface area contributed by atoms with Crippen LogP contribution >= 0.6 is 0 Å². The van der Waals surface area contributed by atoms with Crippen LogP contribution in [-0.2, 0) is 11.3 Å². The molecule has 27 heavy (non-hydrogen) atoms. The molecule has 1 aromatic heterocycles. The van der Waals surface area contributed by atoms with E-state index in [1.807, 2.05) is 0 Å². The fraction of sp³-hybridized carbons (Fsp3) is 0.474. The molecule has 1 saturated carbocycles. The number of aromatic nitrogens is 3. The normalized spacial score (nSPS) is 24.6. The van der Waals surface area contributed by atoms with Crippen LogP contribution in [0.4, 0.5) is 4.39 Å². The summed E-state index contributed by atoms with van der Waals surface area (Å²) in [6.45, 7) is 0.284. The lowest BCUT2D eigenvalue weighted by Crippen LogP contribution is -2.46. The number of rotatable bonds is 4. The molecule has 8 heteroatoms. The Kier molecular flexibility index (Phi) is 4.63. The van der Waals surface area contributed by atoms with Crippen LogP contribution in [-0.4, -0.2) is 49.0 Å². The van der Waals surface area contributed by atoms with E-state index in [0.717, 1.165) is 25.7 Å². The molecule has 1 N–H and O–H groups in total. The van der Waals surface area contributed by atoms with E-state index in [1.165, 1.54) is 27.9 Å². The van der Waals surface area contributed by atoms with E-state index in [9.17, 15) is 19.1 Å². The number of hydrogen-bond donors (Lipinski definition) is 1. The number of fused-ring (bicyclic) bond motifs is 1. The van der Waals surface area contributed by atoms with Crippen molar-refractivity contribution in [2.75, 3.05) is 0 Å². The fourth-order valence-corrected chi connectivity index (χ4v) is 4.40. The third-order valence-corrected chi connectivity index (χ3v) is 5.60. The minimum absolute atomic E-state index is 0.0410. The van der Waals surface area contributed by atoms with Crippen molar-refractivity contribution in [3.8, 4) is 0 Å². The summed E-state index contributed by atoms with van der Waals surface area (Å²) in [6, 6.07) is 5.29. The van der Waals surface area contributed by atoms with Gasteiger partial charge in [-0.2, -0.15) is 0 Å². The van der Waals surface area contributed by atoms with Crippen molar-refractivity contribution in [1.82, 2.24) is 19.9 Å². The third-order valence-electron chi connectivity index (χ3n) is 5.60. The number of carbonyl (C=O) groups is 2. The predicted octanol–water partition coefficient (Wildman–Crippen LogP) is 2.32. The first-order valence-corrected chi connectivity index (χ1v) is 9.23. The highest BCUT2D eigenvalue weighted by molar-refractivity contribution is 5.95. The smallest absolute Gasteiger partial charge is 0.326 e. The number of benzene rings is 1. The lowest BCUT2D eigenvalue weighted by atomic mass is 9.84. The van der Waals surface area contributed by atoms with Crippen molar-refractivity contribution in [3.63, 3.8) is 0 Å². The van der Waals surface area contributed by atoms with Gasteiger partial charge in [-0.1, -0.05) is 30.2 Å².